The summed E-state index contributed by atoms with van der Waals surface area (Å²) in [5, 5.41) is 9.47. The lowest BCUT2D eigenvalue weighted by atomic mass is 9.80. The number of hydrogen-bond acceptors (Lipinski definition) is 3. The molecule has 0 aliphatic heterocycles. The molecule has 0 aromatic heterocycles. The lowest BCUT2D eigenvalue weighted by molar-refractivity contribution is -0.139. The Hall–Kier alpha value is -1.20. The molecule has 0 saturated heterocycles. The molecule has 21 heavy (non-hydrogen) atoms. The van der Waals surface area contributed by atoms with Crippen LogP contribution in [0, 0.1) is 5.92 Å². The van der Waals surface area contributed by atoms with Gasteiger partial charge >= 0.3 is 5.97 Å². The topological polar surface area (TPSA) is 77.4 Å². The van der Waals surface area contributed by atoms with Gasteiger partial charge in [0.25, 0.3) is 0 Å². The first kappa shape index (κ1) is 16.2. The second-order valence-corrected chi connectivity index (χ2v) is 6.72. The highest BCUT2D eigenvalue weighted by molar-refractivity contribution is 7.78. The van der Waals surface area contributed by atoms with E-state index in [1.54, 1.807) is 24.3 Å². The van der Waals surface area contributed by atoms with Gasteiger partial charge in [-0.1, -0.05) is 67.5 Å². The fourth-order valence-electron chi connectivity index (χ4n) is 3.12. The van der Waals surface area contributed by atoms with Gasteiger partial charge in [-0.2, -0.15) is 0 Å². The van der Waals surface area contributed by atoms with Crippen molar-refractivity contribution in [3.05, 3.63) is 35.4 Å². The number of hydrogen-bond donors (Lipinski definition) is 1. The van der Waals surface area contributed by atoms with E-state index in [-0.39, 0.29) is 5.75 Å². The molecule has 0 spiro atoms. The highest BCUT2D eigenvalue weighted by Gasteiger charge is 2.25. The van der Waals surface area contributed by atoms with Crippen molar-refractivity contribution >= 4 is 17.0 Å². The van der Waals surface area contributed by atoms with E-state index in [2.05, 4.69) is 0 Å². The average Bonchev–Trinajstić information content (AvgIpc) is 2.46. The third-order valence-electron chi connectivity index (χ3n) is 4.26. The summed E-state index contributed by atoms with van der Waals surface area (Å²) < 4.78 is 21.3. The van der Waals surface area contributed by atoms with Gasteiger partial charge in [-0.15, -0.1) is 0 Å². The van der Waals surface area contributed by atoms with E-state index >= 15 is 0 Å². The van der Waals surface area contributed by atoms with Crippen LogP contribution in [0.15, 0.2) is 24.3 Å². The molecule has 1 saturated carbocycles. The maximum Gasteiger partial charge on any atom is 0.310 e. The van der Waals surface area contributed by atoms with Gasteiger partial charge in [-0.25, -0.2) is 0 Å². The maximum absolute atomic E-state index is 11.5. The smallest absolute Gasteiger partial charge is 0.310 e. The van der Waals surface area contributed by atoms with Gasteiger partial charge in [0, 0.05) is 5.75 Å². The monoisotopic (exact) mass is 309 g/mol. The number of aliphatic carboxylic acids is 1. The summed E-state index contributed by atoms with van der Waals surface area (Å²) in [7, 11) is 0. The number of carbonyl (C=O) groups is 1. The first-order chi connectivity index (χ1) is 10.1. The van der Waals surface area contributed by atoms with E-state index in [0.717, 1.165) is 18.4 Å². The van der Waals surface area contributed by atoms with Crippen LogP contribution in [0.3, 0.4) is 0 Å². The van der Waals surface area contributed by atoms with Crippen molar-refractivity contribution in [3.8, 4) is 0 Å². The van der Waals surface area contributed by atoms with Crippen molar-refractivity contribution in [1.29, 1.82) is 0 Å². The molecule has 1 aromatic carbocycles. The zero-order chi connectivity index (χ0) is 15.2. The molecule has 0 radical (unpaired) electrons. The molecule has 2 unspecified atom stereocenters. The van der Waals surface area contributed by atoms with Crippen molar-refractivity contribution in [1.82, 2.24) is 0 Å². The Bertz CT molecular complexity index is 492. The molecule has 1 aliphatic carbocycles. The molecule has 0 amide bonds. The predicted octanol–water partition coefficient (Wildman–Crippen LogP) is 3.20. The van der Waals surface area contributed by atoms with E-state index in [1.165, 1.54) is 19.3 Å². The Kier molecular flexibility index (Phi) is 5.94. The normalized spacial score (nSPS) is 19.1. The lowest BCUT2D eigenvalue weighted by Crippen LogP contribution is -2.18. The summed E-state index contributed by atoms with van der Waals surface area (Å²) in [4.78, 5) is 11.5. The first-order valence-electron chi connectivity index (χ1n) is 7.44. The number of benzene rings is 1. The van der Waals surface area contributed by atoms with E-state index in [0.29, 0.717) is 17.9 Å². The van der Waals surface area contributed by atoms with Gasteiger partial charge in [-0.3, -0.25) is 9.00 Å². The molecule has 0 bridgehead atoms. The molecule has 5 heteroatoms. The quantitative estimate of drug-likeness (QED) is 0.819. The molecule has 2 rings (SSSR count). The van der Waals surface area contributed by atoms with Crippen LogP contribution in [0.25, 0.3) is 0 Å². The first-order valence-corrected chi connectivity index (χ1v) is 8.68. The third-order valence-corrected chi connectivity index (χ3v) is 4.83. The average molecular weight is 309 g/mol. The SMILES string of the molecule is O=C(O)C(CC1CCCCC1)c1ccc(CS(=O)[O-])cc1. The van der Waals surface area contributed by atoms with Crippen LogP contribution in [0.4, 0.5) is 0 Å². The molecule has 116 valence electrons. The van der Waals surface area contributed by atoms with Gasteiger partial charge in [0.2, 0.25) is 0 Å². The van der Waals surface area contributed by atoms with Crippen molar-refractivity contribution in [2.24, 2.45) is 5.92 Å². The second-order valence-electron chi connectivity index (χ2n) is 5.82. The molecule has 1 fully saturated rings. The highest BCUT2D eigenvalue weighted by Crippen LogP contribution is 2.33. The van der Waals surface area contributed by atoms with Crippen LogP contribution in [-0.2, 0) is 21.6 Å². The van der Waals surface area contributed by atoms with Gasteiger partial charge in [0.05, 0.1) is 5.92 Å². The zero-order valence-electron chi connectivity index (χ0n) is 12.0. The number of carboxylic acid groups (broad SMARTS) is 1. The Morgan fingerprint density at radius 3 is 2.38 bits per heavy atom. The summed E-state index contributed by atoms with van der Waals surface area (Å²) in [6, 6.07) is 6.93. The van der Waals surface area contributed by atoms with Gasteiger partial charge in [-0.05, 0) is 23.5 Å². The fraction of sp³-hybridized carbons (Fsp3) is 0.562. The standard InChI is InChI=1S/C16H22O4S/c17-16(18)15(10-12-4-2-1-3-5-12)14-8-6-13(7-9-14)11-21(19)20/h6-9,12,15H,1-5,10-11H2,(H,17,18)(H,19,20)/p-1. The summed E-state index contributed by atoms with van der Waals surface area (Å²) >= 11 is -2.11. The number of carboxylic acids is 1. The Morgan fingerprint density at radius 2 is 1.86 bits per heavy atom. The Balaban J connectivity index is 2.06. The minimum absolute atomic E-state index is 0.0271. The second kappa shape index (κ2) is 7.71. The Morgan fingerprint density at radius 1 is 1.24 bits per heavy atom. The van der Waals surface area contributed by atoms with Crippen molar-refractivity contribution < 1.29 is 18.7 Å². The van der Waals surface area contributed by atoms with Crippen LogP contribution < -0.4 is 0 Å². The molecule has 1 aromatic rings. The van der Waals surface area contributed by atoms with Gasteiger partial charge in [0.15, 0.2) is 0 Å². The van der Waals surface area contributed by atoms with E-state index in [9.17, 15) is 18.7 Å². The third kappa shape index (κ3) is 4.93. The Labute approximate surface area is 127 Å². The van der Waals surface area contributed by atoms with Crippen molar-refractivity contribution in [3.63, 3.8) is 0 Å². The zero-order valence-corrected chi connectivity index (χ0v) is 12.8. The molecule has 1 aliphatic rings. The van der Waals surface area contributed by atoms with E-state index in [1.807, 2.05) is 0 Å². The highest BCUT2D eigenvalue weighted by atomic mass is 32.2. The largest absolute Gasteiger partial charge is 0.772 e. The van der Waals surface area contributed by atoms with Crippen molar-refractivity contribution in [2.75, 3.05) is 0 Å². The van der Waals surface area contributed by atoms with Crippen LogP contribution in [-0.4, -0.2) is 19.8 Å². The molecule has 2 atom stereocenters. The molecular weight excluding hydrogens is 288 g/mol. The summed E-state index contributed by atoms with van der Waals surface area (Å²) in [6.07, 6.45) is 6.59. The minimum atomic E-state index is -2.11. The minimum Gasteiger partial charge on any atom is -0.772 e. The summed E-state index contributed by atoms with van der Waals surface area (Å²) in [6.45, 7) is 0. The molecule has 4 nitrogen and oxygen atoms in total. The molecule has 0 heterocycles. The number of rotatable bonds is 6. The van der Waals surface area contributed by atoms with Crippen LogP contribution >= 0.6 is 0 Å². The lowest BCUT2D eigenvalue weighted by Gasteiger charge is -2.25. The molecule has 1 N–H and O–H groups in total. The predicted molar refractivity (Wildman–Crippen MR) is 80.6 cm³/mol. The maximum atomic E-state index is 11.5. The van der Waals surface area contributed by atoms with E-state index in [4.69, 9.17) is 0 Å². The summed E-state index contributed by atoms with van der Waals surface area (Å²) in [5.74, 6) is -0.810. The van der Waals surface area contributed by atoms with Crippen LogP contribution in [0.5, 0.6) is 0 Å². The van der Waals surface area contributed by atoms with Gasteiger partial charge in [0.1, 0.15) is 0 Å². The van der Waals surface area contributed by atoms with Gasteiger partial charge < -0.3 is 9.66 Å². The molecular formula is C16H21O4S-. The van der Waals surface area contributed by atoms with Crippen LogP contribution in [0.1, 0.15) is 55.6 Å². The fourth-order valence-corrected chi connectivity index (χ4v) is 3.58. The van der Waals surface area contributed by atoms with Crippen LogP contribution in [0.2, 0.25) is 0 Å². The summed E-state index contributed by atoms with van der Waals surface area (Å²) in [5.41, 5.74) is 1.46. The van der Waals surface area contributed by atoms with Crippen molar-refractivity contribution in [2.45, 2.75) is 50.2 Å². The van der Waals surface area contributed by atoms with E-state index < -0.39 is 23.0 Å².